The number of rotatable bonds is 13. The Morgan fingerprint density at radius 1 is 0.778 bits per heavy atom. The summed E-state index contributed by atoms with van der Waals surface area (Å²) < 4.78 is 1.94. The van der Waals surface area contributed by atoms with E-state index < -0.39 is 10.4 Å². The smallest absolute Gasteiger partial charge is 0.256 e. The molecule has 1 amide bonds. The van der Waals surface area contributed by atoms with Crippen molar-refractivity contribution in [1.29, 1.82) is 0 Å². The summed E-state index contributed by atoms with van der Waals surface area (Å²) in [6, 6.07) is 47.2. The number of H-pyrrole nitrogens is 1. The van der Waals surface area contributed by atoms with Crippen LogP contribution in [0.1, 0.15) is 60.2 Å². The summed E-state index contributed by atoms with van der Waals surface area (Å²) >= 11 is 3.29. The topological polar surface area (TPSA) is 118 Å². The summed E-state index contributed by atoms with van der Waals surface area (Å²) in [7, 11) is 0. The van der Waals surface area contributed by atoms with Gasteiger partial charge in [-0.1, -0.05) is 169 Å². The highest BCUT2D eigenvalue weighted by atomic mass is 79.9. The average molecular weight is 779 g/mol. The quantitative estimate of drug-likeness (QED) is 0.0895. The minimum Gasteiger partial charge on any atom is -0.295 e. The molecule has 0 aliphatic rings. The van der Waals surface area contributed by atoms with Gasteiger partial charge in [0.2, 0.25) is 11.9 Å². The van der Waals surface area contributed by atoms with Crippen LogP contribution in [0.5, 0.6) is 0 Å². The maximum Gasteiger partial charge on any atom is 0.256 e. The summed E-state index contributed by atoms with van der Waals surface area (Å²) in [5.41, 5.74) is 6.69. The molecule has 1 atom stereocenters. The molecule has 0 radical (unpaired) electrons. The SMILES string of the molecule is CCCCc1nc(NC(=O)C(C)Br)[nH]c(=O)c1Cc1ccccc1-c1ccccc1-c1nnnn1C(c1ccccc1)(c1ccccc1)c1ccccc1. The Balaban J connectivity index is 1.39. The molecular weight excluding hydrogens is 738 g/mol. The van der Waals surface area contributed by atoms with Crippen LogP contribution in [0.3, 0.4) is 0 Å². The molecule has 7 aromatic rings. The fraction of sp³-hybridized carbons (Fsp3) is 0.182. The number of unbranched alkanes of at least 4 members (excludes halogenated alkanes) is 1. The lowest BCUT2D eigenvalue weighted by molar-refractivity contribution is -0.115. The Kier molecular flexibility index (Phi) is 11.0. The second-order valence-electron chi connectivity index (χ2n) is 13.2. The van der Waals surface area contributed by atoms with Crippen molar-refractivity contribution in [2.75, 3.05) is 5.32 Å². The molecule has 0 saturated heterocycles. The molecule has 1 unspecified atom stereocenters. The Bertz CT molecular complexity index is 2320. The molecule has 2 heterocycles. The Morgan fingerprint density at radius 3 is 1.89 bits per heavy atom. The van der Waals surface area contributed by atoms with Gasteiger partial charge in [-0.2, -0.15) is 0 Å². The number of aromatic amines is 1. The summed E-state index contributed by atoms with van der Waals surface area (Å²) in [6.07, 6.45) is 2.73. The van der Waals surface area contributed by atoms with E-state index in [1.165, 1.54) is 0 Å². The van der Waals surface area contributed by atoms with Crippen molar-refractivity contribution in [2.45, 2.75) is 49.9 Å². The van der Waals surface area contributed by atoms with Crippen molar-refractivity contribution in [2.24, 2.45) is 0 Å². The number of aromatic nitrogens is 6. The molecule has 54 heavy (non-hydrogen) atoms. The van der Waals surface area contributed by atoms with Gasteiger partial charge in [-0.25, -0.2) is 9.67 Å². The largest absolute Gasteiger partial charge is 0.295 e. The highest BCUT2D eigenvalue weighted by Gasteiger charge is 2.42. The van der Waals surface area contributed by atoms with Crippen molar-refractivity contribution in [3.63, 3.8) is 0 Å². The molecular formula is C44H40BrN7O2. The van der Waals surface area contributed by atoms with Gasteiger partial charge in [0.05, 0.1) is 10.5 Å². The minimum absolute atomic E-state index is 0.148. The predicted molar refractivity (Wildman–Crippen MR) is 217 cm³/mol. The predicted octanol–water partition coefficient (Wildman–Crippen LogP) is 8.59. The number of nitrogens with zero attached hydrogens (tertiary/aromatic N) is 5. The van der Waals surface area contributed by atoms with Gasteiger partial charge in [0.25, 0.3) is 5.56 Å². The number of anilines is 1. The van der Waals surface area contributed by atoms with Crippen LogP contribution < -0.4 is 10.9 Å². The van der Waals surface area contributed by atoms with E-state index in [0.717, 1.165) is 51.8 Å². The van der Waals surface area contributed by atoms with Gasteiger partial charge in [0, 0.05) is 17.5 Å². The number of alkyl halides is 1. The normalized spacial score (nSPS) is 12.0. The van der Waals surface area contributed by atoms with Crippen molar-refractivity contribution >= 4 is 27.8 Å². The zero-order valence-electron chi connectivity index (χ0n) is 30.1. The van der Waals surface area contributed by atoms with Gasteiger partial charge in [0.1, 0.15) is 5.54 Å². The molecule has 0 bridgehead atoms. The number of amides is 1. The zero-order chi connectivity index (χ0) is 37.5. The first kappa shape index (κ1) is 36.4. The van der Waals surface area contributed by atoms with Crippen LogP contribution in [0.4, 0.5) is 5.95 Å². The Labute approximate surface area is 322 Å². The lowest BCUT2D eigenvalue weighted by Gasteiger charge is -2.36. The first-order valence-electron chi connectivity index (χ1n) is 18.1. The number of benzene rings is 5. The molecule has 7 rings (SSSR count). The van der Waals surface area contributed by atoms with Gasteiger partial charge < -0.3 is 0 Å². The fourth-order valence-electron chi connectivity index (χ4n) is 7.08. The molecule has 2 aromatic heterocycles. The van der Waals surface area contributed by atoms with Gasteiger partial charge in [-0.15, -0.1) is 5.10 Å². The van der Waals surface area contributed by atoms with Crippen LogP contribution in [0.15, 0.2) is 144 Å². The number of halogens is 1. The Morgan fingerprint density at radius 2 is 1.31 bits per heavy atom. The third-order valence-electron chi connectivity index (χ3n) is 9.68. The van der Waals surface area contributed by atoms with E-state index in [1.807, 2.05) is 95.7 Å². The molecule has 0 aliphatic heterocycles. The molecule has 9 nitrogen and oxygen atoms in total. The van der Waals surface area contributed by atoms with E-state index >= 15 is 0 Å². The number of hydrogen-bond acceptors (Lipinski definition) is 6. The van der Waals surface area contributed by atoms with Crippen LogP contribution in [-0.4, -0.2) is 40.9 Å². The van der Waals surface area contributed by atoms with Gasteiger partial charge in [-0.3, -0.25) is 19.9 Å². The van der Waals surface area contributed by atoms with Crippen LogP contribution in [0.25, 0.3) is 22.5 Å². The van der Waals surface area contributed by atoms with E-state index in [2.05, 4.69) is 86.9 Å². The van der Waals surface area contributed by atoms with Crippen molar-refractivity contribution < 1.29 is 4.79 Å². The maximum absolute atomic E-state index is 13.8. The van der Waals surface area contributed by atoms with Gasteiger partial charge >= 0.3 is 0 Å². The van der Waals surface area contributed by atoms with Gasteiger partial charge in [0.15, 0.2) is 5.82 Å². The van der Waals surface area contributed by atoms with Crippen molar-refractivity contribution in [3.05, 3.63) is 183 Å². The van der Waals surface area contributed by atoms with Crippen LogP contribution in [0.2, 0.25) is 0 Å². The lowest BCUT2D eigenvalue weighted by atomic mass is 9.77. The number of carbonyl (C=O) groups is 1. The standard InChI is InChI=1S/C44H40BrN7O2/c1-3-4-28-39-38(42(54)48-43(46-39)47-41(53)30(2)45)29-31-18-14-15-25-35(31)36-26-16-17-27-37(36)40-49-50-51-52(40)44(32-19-8-5-9-20-32,33-21-10-6-11-22-33)34-23-12-7-13-24-34/h5-27,30H,3-4,28-29H2,1-2H3,(H2,46,47,48,53,54). The van der Waals surface area contributed by atoms with E-state index in [1.54, 1.807) is 6.92 Å². The van der Waals surface area contributed by atoms with Crippen molar-refractivity contribution in [1.82, 2.24) is 30.2 Å². The Hall–Kier alpha value is -6.00. The molecule has 5 aromatic carbocycles. The zero-order valence-corrected chi connectivity index (χ0v) is 31.7. The van der Waals surface area contributed by atoms with Crippen molar-refractivity contribution in [3.8, 4) is 22.5 Å². The van der Waals surface area contributed by atoms with E-state index in [0.29, 0.717) is 29.9 Å². The number of tetrazole rings is 1. The first-order valence-corrected chi connectivity index (χ1v) is 19.0. The molecule has 270 valence electrons. The average Bonchev–Trinajstić information content (AvgIpc) is 3.70. The molecule has 2 N–H and O–H groups in total. The summed E-state index contributed by atoms with van der Waals surface area (Å²) in [6.45, 7) is 3.82. The number of carbonyl (C=O) groups excluding carboxylic acids is 1. The summed E-state index contributed by atoms with van der Waals surface area (Å²) in [5, 5.41) is 16.6. The second-order valence-corrected chi connectivity index (χ2v) is 14.5. The molecule has 10 heteroatoms. The molecule has 0 spiro atoms. The number of hydrogen-bond donors (Lipinski definition) is 2. The third-order valence-corrected chi connectivity index (χ3v) is 10.1. The first-order chi connectivity index (χ1) is 26.4. The second kappa shape index (κ2) is 16.3. The number of aryl methyl sites for hydroxylation is 1. The molecule has 0 saturated carbocycles. The van der Waals surface area contributed by atoms with E-state index in [-0.39, 0.29) is 17.4 Å². The monoisotopic (exact) mass is 777 g/mol. The van der Waals surface area contributed by atoms with Gasteiger partial charge in [-0.05, 0) is 63.6 Å². The summed E-state index contributed by atoms with van der Waals surface area (Å²) in [4.78, 5) is 33.3. The third kappa shape index (κ3) is 7.17. The van der Waals surface area contributed by atoms with Crippen LogP contribution in [0, 0.1) is 0 Å². The van der Waals surface area contributed by atoms with E-state index in [9.17, 15) is 9.59 Å². The van der Waals surface area contributed by atoms with E-state index in [4.69, 9.17) is 15.3 Å². The van der Waals surface area contributed by atoms with Crippen LogP contribution in [-0.2, 0) is 23.2 Å². The maximum atomic E-state index is 13.8. The highest BCUT2D eigenvalue weighted by molar-refractivity contribution is 9.10. The highest BCUT2D eigenvalue weighted by Crippen LogP contribution is 2.43. The lowest BCUT2D eigenvalue weighted by Crippen LogP contribution is -2.39. The fourth-order valence-corrected chi connectivity index (χ4v) is 7.19. The number of nitrogens with one attached hydrogen (secondary N) is 2. The van der Waals surface area contributed by atoms with Crippen LogP contribution >= 0.6 is 15.9 Å². The summed E-state index contributed by atoms with van der Waals surface area (Å²) in [5.74, 6) is 0.448. The molecule has 0 aliphatic carbocycles. The molecule has 0 fully saturated rings. The minimum atomic E-state index is -0.924.